The van der Waals surface area contributed by atoms with Crippen LogP contribution in [0.3, 0.4) is 0 Å². The summed E-state index contributed by atoms with van der Waals surface area (Å²) >= 11 is 3.37. The first-order valence-electron chi connectivity index (χ1n) is 8.21. The number of hydrogen-bond donors (Lipinski definition) is 1. The number of halogens is 1. The molecule has 0 spiro atoms. The first kappa shape index (κ1) is 18.7. The van der Waals surface area contributed by atoms with E-state index in [2.05, 4.69) is 31.2 Å². The molecule has 136 valence electrons. The quantitative estimate of drug-likeness (QED) is 0.676. The number of nitrogens with one attached hydrogen (secondary N) is 1. The Morgan fingerprint density at radius 3 is 2.44 bits per heavy atom. The topological polar surface area (TPSA) is 75.2 Å². The van der Waals surface area contributed by atoms with Crippen LogP contribution in [0.5, 0.6) is 0 Å². The van der Waals surface area contributed by atoms with Crippen LogP contribution in [0.4, 0.5) is 5.69 Å². The molecule has 0 aliphatic carbocycles. The Morgan fingerprint density at radius 1 is 1.04 bits per heavy atom. The van der Waals surface area contributed by atoms with E-state index < -0.39 is 0 Å². The highest BCUT2D eigenvalue weighted by Crippen LogP contribution is 2.21. The number of benzene rings is 2. The minimum Gasteiger partial charge on any atom is -0.336 e. The number of anilines is 1. The summed E-state index contributed by atoms with van der Waals surface area (Å²) in [6.45, 7) is 0.319. The third-order valence-corrected chi connectivity index (χ3v) is 4.58. The van der Waals surface area contributed by atoms with Crippen molar-refractivity contribution in [2.75, 3.05) is 12.4 Å². The van der Waals surface area contributed by atoms with Crippen molar-refractivity contribution in [2.45, 2.75) is 6.54 Å². The Hall–Kier alpha value is -3.06. The number of rotatable bonds is 5. The summed E-state index contributed by atoms with van der Waals surface area (Å²) in [5, 5.41) is 2.82. The largest absolute Gasteiger partial charge is 0.336 e. The summed E-state index contributed by atoms with van der Waals surface area (Å²) in [6.07, 6.45) is 4.78. The van der Waals surface area contributed by atoms with Crippen LogP contribution in [0.2, 0.25) is 0 Å². The molecule has 1 N–H and O–H groups in total. The molecule has 7 heteroatoms. The summed E-state index contributed by atoms with van der Waals surface area (Å²) in [7, 11) is 1.68. The van der Waals surface area contributed by atoms with Gasteiger partial charge in [0.05, 0.1) is 35.2 Å². The molecular weight excluding hydrogens is 408 g/mol. The first-order chi connectivity index (χ1) is 13.1. The number of carbonyl (C=O) groups excluding carboxylic acids is 2. The van der Waals surface area contributed by atoms with E-state index in [9.17, 15) is 9.59 Å². The average molecular weight is 425 g/mol. The van der Waals surface area contributed by atoms with Gasteiger partial charge in [-0.2, -0.15) is 0 Å². The van der Waals surface area contributed by atoms with Gasteiger partial charge in [0.15, 0.2) is 0 Å². The van der Waals surface area contributed by atoms with E-state index in [1.807, 2.05) is 6.07 Å². The minimum absolute atomic E-state index is 0.219. The Balaban J connectivity index is 1.80. The third-order valence-electron chi connectivity index (χ3n) is 3.89. The molecule has 3 aromatic rings. The van der Waals surface area contributed by atoms with Gasteiger partial charge >= 0.3 is 0 Å². The molecule has 3 rings (SSSR count). The molecule has 2 aromatic carbocycles. The maximum Gasteiger partial charge on any atom is 0.256 e. The van der Waals surface area contributed by atoms with Crippen LogP contribution in [0, 0.1) is 0 Å². The molecule has 1 heterocycles. The number of aromatic nitrogens is 2. The lowest BCUT2D eigenvalue weighted by Gasteiger charge is -2.19. The molecule has 0 atom stereocenters. The van der Waals surface area contributed by atoms with Crippen molar-refractivity contribution < 1.29 is 9.59 Å². The van der Waals surface area contributed by atoms with Gasteiger partial charge in [0.25, 0.3) is 11.8 Å². The molecule has 0 saturated carbocycles. The molecule has 6 nitrogen and oxygen atoms in total. The van der Waals surface area contributed by atoms with Gasteiger partial charge in [0.1, 0.15) is 0 Å². The van der Waals surface area contributed by atoms with Crippen molar-refractivity contribution in [1.82, 2.24) is 14.9 Å². The van der Waals surface area contributed by atoms with Crippen LogP contribution in [-0.4, -0.2) is 33.7 Å². The minimum atomic E-state index is -0.292. The highest BCUT2D eigenvalue weighted by atomic mass is 79.9. The summed E-state index contributed by atoms with van der Waals surface area (Å²) in [5.74, 6) is -0.511. The van der Waals surface area contributed by atoms with Crippen LogP contribution in [-0.2, 0) is 6.54 Å². The highest BCUT2D eigenvalue weighted by Gasteiger charge is 2.18. The van der Waals surface area contributed by atoms with E-state index in [1.54, 1.807) is 68.1 Å². The van der Waals surface area contributed by atoms with E-state index in [0.717, 1.165) is 0 Å². The van der Waals surface area contributed by atoms with Crippen molar-refractivity contribution in [2.24, 2.45) is 0 Å². The molecule has 0 fully saturated rings. The van der Waals surface area contributed by atoms with Gasteiger partial charge in [0, 0.05) is 23.9 Å². The van der Waals surface area contributed by atoms with Gasteiger partial charge in [-0.1, -0.05) is 24.3 Å². The molecule has 0 saturated heterocycles. The highest BCUT2D eigenvalue weighted by molar-refractivity contribution is 9.10. The normalized spacial score (nSPS) is 10.3. The monoisotopic (exact) mass is 424 g/mol. The van der Waals surface area contributed by atoms with E-state index in [4.69, 9.17) is 0 Å². The van der Waals surface area contributed by atoms with E-state index in [1.165, 1.54) is 4.90 Å². The van der Waals surface area contributed by atoms with Gasteiger partial charge in [-0.25, -0.2) is 0 Å². The van der Waals surface area contributed by atoms with Gasteiger partial charge in [-0.15, -0.1) is 0 Å². The summed E-state index contributed by atoms with van der Waals surface area (Å²) in [5.41, 5.74) is 2.04. The van der Waals surface area contributed by atoms with Gasteiger partial charge < -0.3 is 10.2 Å². The van der Waals surface area contributed by atoms with Gasteiger partial charge in [0.2, 0.25) is 0 Å². The SMILES string of the molecule is CN(Cc1cnccn1)C(=O)c1ccccc1NC(=O)c1ccccc1Br. The zero-order chi connectivity index (χ0) is 19.2. The number of para-hydroxylation sites is 1. The molecule has 0 aliphatic rings. The molecule has 0 unspecified atom stereocenters. The third kappa shape index (κ3) is 4.57. The standard InChI is InChI=1S/C20H17BrN4O2/c1-25(13-14-12-22-10-11-23-14)20(27)16-7-3-5-9-18(16)24-19(26)15-6-2-4-8-17(15)21/h2-12H,13H2,1H3,(H,24,26). The predicted octanol–water partition coefficient (Wildman–Crippen LogP) is 3.76. The second-order valence-electron chi connectivity index (χ2n) is 5.84. The molecule has 27 heavy (non-hydrogen) atoms. The van der Waals surface area contributed by atoms with Crippen LogP contribution < -0.4 is 5.32 Å². The van der Waals surface area contributed by atoms with Crippen molar-refractivity contribution in [3.63, 3.8) is 0 Å². The molecule has 1 aromatic heterocycles. The zero-order valence-corrected chi connectivity index (χ0v) is 16.2. The zero-order valence-electron chi connectivity index (χ0n) is 14.6. The number of amides is 2. The number of carbonyl (C=O) groups is 2. The fourth-order valence-corrected chi connectivity index (χ4v) is 3.01. The number of nitrogens with zero attached hydrogens (tertiary/aromatic N) is 3. The maximum absolute atomic E-state index is 12.9. The predicted molar refractivity (Wildman–Crippen MR) is 106 cm³/mol. The Labute approximate surface area is 165 Å². The van der Waals surface area contributed by atoms with Crippen molar-refractivity contribution in [1.29, 1.82) is 0 Å². The van der Waals surface area contributed by atoms with Crippen molar-refractivity contribution >= 4 is 33.4 Å². The smallest absolute Gasteiger partial charge is 0.256 e. The van der Waals surface area contributed by atoms with Crippen LogP contribution in [0.15, 0.2) is 71.6 Å². The fourth-order valence-electron chi connectivity index (χ4n) is 2.55. The summed E-state index contributed by atoms with van der Waals surface area (Å²) in [6, 6.07) is 14.0. The molecule has 2 amide bonds. The van der Waals surface area contributed by atoms with Crippen LogP contribution in [0.1, 0.15) is 26.4 Å². The molecular formula is C20H17BrN4O2. The molecule has 0 bridgehead atoms. The second-order valence-corrected chi connectivity index (χ2v) is 6.69. The first-order valence-corrected chi connectivity index (χ1v) is 9.01. The van der Waals surface area contributed by atoms with E-state index in [0.29, 0.717) is 33.5 Å². The number of hydrogen-bond acceptors (Lipinski definition) is 4. The van der Waals surface area contributed by atoms with E-state index in [-0.39, 0.29) is 11.8 Å². The Kier molecular flexibility index (Phi) is 5.93. The van der Waals surface area contributed by atoms with Gasteiger partial charge in [-0.05, 0) is 40.2 Å². The Morgan fingerprint density at radius 2 is 1.74 bits per heavy atom. The molecule has 0 radical (unpaired) electrons. The lowest BCUT2D eigenvalue weighted by Crippen LogP contribution is -2.28. The van der Waals surface area contributed by atoms with Crippen molar-refractivity contribution in [3.05, 3.63) is 88.4 Å². The van der Waals surface area contributed by atoms with Crippen LogP contribution >= 0.6 is 15.9 Å². The summed E-state index contributed by atoms with van der Waals surface area (Å²) in [4.78, 5) is 35.2. The molecule has 0 aliphatic heterocycles. The van der Waals surface area contributed by atoms with Crippen molar-refractivity contribution in [3.8, 4) is 0 Å². The lowest BCUT2D eigenvalue weighted by molar-refractivity contribution is 0.0784. The Bertz CT molecular complexity index is 963. The second kappa shape index (κ2) is 8.55. The summed E-state index contributed by atoms with van der Waals surface area (Å²) < 4.78 is 0.686. The average Bonchev–Trinajstić information content (AvgIpc) is 2.69. The lowest BCUT2D eigenvalue weighted by atomic mass is 10.1. The van der Waals surface area contributed by atoms with Crippen LogP contribution in [0.25, 0.3) is 0 Å². The fraction of sp³-hybridized carbons (Fsp3) is 0.100. The van der Waals surface area contributed by atoms with Gasteiger partial charge in [-0.3, -0.25) is 19.6 Å². The maximum atomic E-state index is 12.9. The van der Waals surface area contributed by atoms with E-state index >= 15 is 0 Å².